The Morgan fingerprint density at radius 3 is 0.842 bits per heavy atom. The minimum Gasteiger partial charge on any atom is -0.483 e. The van der Waals surface area contributed by atoms with Crippen molar-refractivity contribution >= 4 is 23.6 Å². The first kappa shape index (κ1) is 39.2. The molecule has 2 heterocycles. The van der Waals surface area contributed by atoms with Crippen LogP contribution in [0.2, 0.25) is 0 Å². The average molecular weight is 776 g/mol. The molecule has 4 aromatic rings. The zero-order valence-electron chi connectivity index (χ0n) is 32.0. The van der Waals surface area contributed by atoms with E-state index in [0.717, 1.165) is 57.3 Å². The molecule has 7 rings (SSSR count). The fourth-order valence-corrected chi connectivity index (χ4v) is 7.39. The van der Waals surface area contributed by atoms with E-state index in [-0.39, 0.29) is 63.1 Å². The van der Waals surface area contributed by atoms with Gasteiger partial charge in [0, 0.05) is 51.9 Å². The molecular weight excluding hydrogens is 727 g/mol. The average Bonchev–Trinajstić information content (AvgIpc) is 3.20. The van der Waals surface area contributed by atoms with E-state index >= 15 is 0 Å². The summed E-state index contributed by atoms with van der Waals surface area (Å²) in [5.41, 5.74) is 6.56. The van der Waals surface area contributed by atoms with Crippen LogP contribution >= 0.6 is 0 Å². The summed E-state index contributed by atoms with van der Waals surface area (Å²) in [7, 11) is 0. The summed E-state index contributed by atoms with van der Waals surface area (Å²) in [6.07, 6.45) is 2.92. The van der Waals surface area contributed by atoms with Crippen LogP contribution in [0.3, 0.4) is 0 Å². The molecule has 57 heavy (non-hydrogen) atoms. The third kappa shape index (κ3) is 10.4. The first-order valence-electron chi connectivity index (χ1n) is 19.6. The Labute approximate surface area is 332 Å². The molecule has 0 aromatic heterocycles. The SMILES string of the molecule is O=C1COc2c3cccc2Cc2cccc4c2OCC(=O)NCCNC(=O)COc2c(cccc2Cc2cccc(c2OCC(=O)NCCCNCCCN1)C4)C3. The van der Waals surface area contributed by atoms with Crippen LogP contribution in [0.4, 0.5) is 0 Å². The van der Waals surface area contributed by atoms with Crippen molar-refractivity contribution in [2.75, 3.05) is 65.7 Å². The van der Waals surface area contributed by atoms with Gasteiger partial charge in [-0.05, 0) is 70.4 Å². The second-order valence-corrected chi connectivity index (χ2v) is 14.3. The number of hydrogen-bond donors (Lipinski definition) is 5. The lowest BCUT2D eigenvalue weighted by Crippen LogP contribution is -2.38. The highest BCUT2D eigenvalue weighted by Crippen LogP contribution is 2.39. The van der Waals surface area contributed by atoms with Crippen molar-refractivity contribution in [3.05, 3.63) is 117 Å². The Hall–Kier alpha value is -6.08. The van der Waals surface area contributed by atoms with Crippen LogP contribution in [0.15, 0.2) is 72.8 Å². The van der Waals surface area contributed by atoms with E-state index in [1.165, 1.54) is 0 Å². The Kier molecular flexibility index (Phi) is 13.2. The van der Waals surface area contributed by atoms with Crippen molar-refractivity contribution in [2.24, 2.45) is 0 Å². The zero-order valence-corrected chi connectivity index (χ0v) is 32.0. The standard InChI is InChI=1S/C44H49N5O8/c50-37-25-54-41-29-7-1-8-30(41)22-34-12-4-14-36-24-32-10-2-9-31(42(32)55-26-38(51)47-18-6-16-45-15-5-17-46-37)23-35-13-3-11-33(21-29)43(35)56-27-39(52)48-19-20-49-40(53)28-57-44(34)36/h1-4,7-14,45H,5-6,15-28H2,(H,46,50)(H,47,51)(H,48,52)(H,49,53). The van der Waals surface area contributed by atoms with Gasteiger partial charge in [-0.25, -0.2) is 0 Å². The van der Waals surface area contributed by atoms with E-state index in [2.05, 4.69) is 26.6 Å². The fraction of sp³-hybridized carbons (Fsp3) is 0.364. The van der Waals surface area contributed by atoms with Gasteiger partial charge in [0.2, 0.25) is 0 Å². The molecule has 5 N–H and O–H groups in total. The van der Waals surface area contributed by atoms with Crippen LogP contribution in [0.1, 0.15) is 57.3 Å². The van der Waals surface area contributed by atoms with Gasteiger partial charge in [-0.15, -0.1) is 0 Å². The number of ether oxygens (including phenoxy) is 4. The van der Waals surface area contributed by atoms with E-state index in [9.17, 15) is 19.2 Å². The molecule has 2 aliphatic heterocycles. The zero-order chi connectivity index (χ0) is 39.4. The maximum Gasteiger partial charge on any atom is 0.258 e. The van der Waals surface area contributed by atoms with E-state index in [1.807, 2.05) is 72.8 Å². The van der Waals surface area contributed by atoms with Crippen LogP contribution in [0.5, 0.6) is 23.0 Å². The summed E-state index contributed by atoms with van der Waals surface area (Å²) in [5.74, 6) is 1.03. The molecule has 0 spiro atoms. The summed E-state index contributed by atoms with van der Waals surface area (Å²) in [4.78, 5) is 52.5. The lowest BCUT2D eigenvalue weighted by atomic mass is 9.91. The normalized spacial score (nSPS) is 17.5. The predicted molar refractivity (Wildman–Crippen MR) is 213 cm³/mol. The second kappa shape index (κ2) is 19.2. The van der Waals surface area contributed by atoms with Gasteiger partial charge in [0.05, 0.1) is 0 Å². The van der Waals surface area contributed by atoms with E-state index < -0.39 is 0 Å². The first-order chi connectivity index (χ1) is 27.9. The predicted octanol–water partition coefficient (Wildman–Crippen LogP) is 2.74. The van der Waals surface area contributed by atoms with Crippen LogP contribution in [-0.2, 0) is 44.9 Å². The van der Waals surface area contributed by atoms with Crippen LogP contribution in [-0.4, -0.2) is 89.3 Å². The monoisotopic (exact) mass is 775 g/mol. The number of para-hydroxylation sites is 4. The number of amides is 4. The van der Waals surface area contributed by atoms with Gasteiger partial charge in [-0.2, -0.15) is 0 Å². The molecule has 0 unspecified atom stereocenters. The summed E-state index contributed by atoms with van der Waals surface area (Å²) >= 11 is 0. The van der Waals surface area contributed by atoms with Gasteiger partial charge in [0.1, 0.15) is 23.0 Å². The molecule has 1 aliphatic carbocycles. The molecule has 13 heteroatoms. The maximum atomic E-state index is 13.2. The van der Waals surface area contributed by atoms with E-state index in [0.29, 0.717) is 74.9 Å². The van der Waals surface area contributed by atoms with Gasteiger partial charge >= 0.3 is 0 Å². The fourth-order valence-electron chi connectivity index (χ4n) is 7.39. The largest absolute Gasteiger partial charge is 0.483 e. The van der Waals surface area contributed by atoms with Crippen molar-refractivity contribution < 1.29 is 38.1 Å². The second-order valence-electron chi connectivity index (χ2n) is 14.3. The lowest BCUT2D eigenvalue weighted by molar-refractivity contribution is -0.124. The Bertz CT molecular complexity index is 1870. The number of carbonyl (C=O) groups is 4. The Morgan fingerprint density at radius 1 is 0.333 bits per heavy atom. The molecule has 4 amide bonds. The molecule has 298 valence electrons. The van der Waals surface area contributed by atoms with Gasteiger partial charge in [-0.1, -0.05) is 72.8 Å². The highest BCUT2D eigenvalue weighted by molar-refractivity contribution is 5.79. The molecular formula is C44H49N5O8. The molecule has 0 saturated carbocycles. The smallest absolute Gasteiger partial charge is 0.258 e. The Morgan fingerprint density at radius 2 is 0.579 bits per heavy atom. The van der Waals surface area contributed by atoms with Gasteiger partial charge < -0.3 is 45.5 Å². The number of rotatable bonds is 0. The lowest BCUT2D eigenvalue weighted by Gasteiger charge is -2.22. The molecule has 12 bridgehead atoms. The van der Waals surface area contributed by atoms with Crippen molar-refractivity contribution in [1.82, 2.24) is 26.6 Å². The number of benzene rings is 4. The minimum atomic E-state index is -0.347. The van der Waals surface area contributed by atoms with Crippen LogP contribution < -0.4 is 45.5 Å². The van der Waals surface area contributed by atoms with Gasteiger partial charge in [0.15, 0.2) is 26.4 Å². The van der Waals surface area contributed by atoms with Crippen LogP contribution in [0, 0.1) is 0 Å². The van der Waals surface area contributed by atoms with Crippen molar-refractivity contribution in [1.29, 1.82) is 0 Å². The number of hydrogen-bond acceptors (Lipinski definition) is 9. The molecule has 4 aromatic carbocycles. The van der Waals surface area contributed by atoms with Crippen molar-refractivity contribution in [3.63, 3.8) is 0 Å². The third-order valence-corrected chi connectivity index (χ3v) is 10.1. The Balaban J connectivity index is 1.42. The highest BCUT2D eigenvalue weighted by Gasteiger charge is 2.23. The molecule has 0 radical (unpaired) electrons. The summed E-state index contributed by atoms with van der Waals surface area (Å²) in [5, 5.41) is 14.9. The van der Waals surface area contributed by atoms with E-state index in [4.69, 9.17) is 18.9 Å². The maximum absolute atomic E-state index is 13.2. The molecule has 0 fully saturated rings. The number of carbonyl (C=O) groups excluding carboxylic acids is 4. The molecule has 13 nitrogen and oxygen atoms in total. The van der Waals surface area contributed by atoms with Crippen molar-refractivity contribution in [3.8, 4) is 23.0 Å². The number of nitrogens with one attached hydrogen (secondary N) is 5. The first-order valence-corrected chi connectivity index (χ1v) is 19.6. The quantitative estimate of drug-likeness (QED) is 0.159. The molecule has 0 atom stereocenters. The topological polar surface area (TPSA) is 165 Å². The molecule has 3 aliphatic rings. The highest BCUT2D eigenvalue weighted by atomic mass is 16.5. The van der Waals surface area contributed by atoms with Gasteiger partial charge in [0.25, 0.3) is 23.6 Å². The summed E-state index contributed by atoms with van der Waals surface area (Å²) in [6, 6.07) is 23.6. The van der Waals surface area contributed by atoms with E-state index in [1.54, 1.807) is 0 Å². The minimum absolute atomic E-state index is 0.193. The molecule has 0 saturated heterocycles. The summed E-state index contributed by atoms with van der Waals surface area (Å²) in [6.45, 7) is 1.88. The summed E-state index contributed by atoms with van der Waals surface area (Å²) < 4.78 is 25.7. The van der Waals surface area contributed by atoms with Crippen LogP contribution in [0.25, 0.3) is 0 Å². The van der Waals surface area contributed by atoms with Crippen molar-refractivity contribution in [2.45, 2.75) is 38.5 Å². The van der Waals surface area contributed by atoms with Gasteiger partial charge in [-0.3, -0.25) is 19.2 Å². The third-order valence-electron chi connectivity index (χ3n) is 10.1.